The predicted octanol–water partition coefficient (Wildman–Crippen LogP) is 0.0892. The van der Waals surface area contributed by atoms with Gasteiger partial charge in [0.15, 0.2) is 5.82 Å². The Bertz CT molecular complexity index is 526. The summed E-state index contributed by atoms with van der Waals surface area (Å²) >= 11 is 0. The van der Waals surface area contributed by atoms with Crippen molar-refractivity contribution < 1.29 is 9.59 Å². The monoisotopic (exact) mass is 263 g/mol. The van der Waals surface area contributed by atoms with Gasteiger partial charge in [0, 0.05) is 26.0 Å². The fourth-order valence-corrected chi connectivity index (χ4v) is 1.83. The molecule has 1 heterocycles. The van der Waals surface area contributed by atoms with Crippen LogP contribution < -0.4 is 5.73 Å². The average molecular weight is 263 g/mol. The number of hydrogen-bond acceptors (Lipinski definition) is 4. The summed E-state index contributed by atoms with van der Waals surface area (Å²) < 4.78 is 1.44. The summed E-state index contributed by atoms with van der Waals surface area (Å²) in [6.45, 7) is 3.68. The normalized spacial score (nSPS) is 10.8. The van der Waals surface area contributed by atoms with Gasteiger partial charge in [0.25, 0.3) is 5.91 Å². The summed E-state index contributed by atoms with van der Waals surface area (Å²) in [7, 11) is 1.61. The summed E-state index contributed by atoms with van der Waals surface area (Å²) in [5, 5.41) is 8.54. The highest BCUT2D eigenvalue weighted by Gasteiger charge is 2.34. The smallest absolute Gasteiger partial charge is 0.284 e. The molecule has 0 spiro atoms. The van der Waals surface area contributed by atoms with E-state index in [4.69, 9.17) is 11.0 Å². The SMILES string of the molecule is CN(CCC#N)C(=O)C(C)(C)n1ccnc1C(N)=O. The van der Waals surface area contributed by atoms with E-state index >= 15 is 0 Å². The highest BCUT2D eigenvalue weighted by atomic mass is 16.2. The van der Waals surface area contributed by atoms with Crippen LogP contribution in [0.5, 0.6) is 0 Å². The first kappa shape index (κ1) is 14.7. The number of amides is 2. The number of nitrogens with zero attached hydrogens (tertiary/aromatic N) is 4. The second-order valence-electron chi connectivity index (χ2n) is 4.68. The molecule has 102 valence electrons. The minimum absolute atomic E-state index is 0.0343. The van der Waals surface area contributed by atoms with E-state index in [9.17, 15) is 9.59 Å². The number of carbonyl (C=O) groups is 2. The van der Waals surface area contributed by atoms with Gasteiger partial charge in [-0.1, -0.05) is 0 Å². The second-order valence-corrected chi connectivity index (χ2v) is 4.68. The van der Waals surface area contributed by atoms with Crippen molar-refractivity contribution in [1.29, 1.82) is 5.26 Å². The minimum atomic E-state index is -0.995. The van der Waals surface area contributed by atoms with Crippen molar-refractivity contribution in [3.8, 4) is 6.07 Å². The number of rotatable bonds is 5. The molecule has 1 aromatic rings. The van der Waals surface area contributed by atoms with Crippen LogP contribution in [0.1, 0.15) is 30.9 Å². The van der Waals surface area contributed by atoms with Crippen molar-refractivity contribution in [3.05, 3.63) is 18.2 Å². The number of aromatic nitrogens is 2. The molecule has 0 aliphatic heterocycles. The Hall–Kier alpha value is -2.36. The Morgan fingerprint density at radius 1 is 1.58 bits per heavy atom. The number of hydrogen-bond donors (Lipinski definition) is 1. The maximum absolute atomic E-state index is 12.4. The summed E-state index contributed by atoms with van der Waals surface area (Å²) in [5.74, 6) is -0.874. The van der Waals surface area contributed by atoms with Crippen molar-refractivity contribution >= 4 is 11.8 Å². The van der Waals surface area contributed by atoms with Gasteiger partial charge in [-0.25, -0.2) is 4.98 Å². The molecule has 2 amide bonds. The number of carbonyl (C=O) groups excluding carboxylic acids is 2. The lowest BCUT2D eigenvalue weighted by molar-refractivity contribution is -0.137. The molecule has 0 bridgehead atoms. The number of nitrogens with two attached hydrogens (primary N) is 1. The van der Waals surface area contributed by atoms with E-state index in [0.29, 0.717) is 6.54 Å². The second kappa shape index (κ2) is 5.52. The van der Waals surface area contributed by atoms with Crippen LogP contribution in [0.25, 0.3) is 0 Å². The van der Waals surface area contributed by atoms with Crippen LogP contribution >= 0.6 is 0 Å². The van der Waals surface area contributed by atoms with Crippen molar-refractivity contribution in [2.24, 2.45) is 5.73 Å². The molecule has 1 aromatic heterocycles. The first-order valence-electron chi connectivity index (χ1n) is 5.78. The van der Waals surface area contributed by atoms with Gasteiger partial charge >= 0.3 is 0 Å². The quantitative estimate of drug-likeness (QED) is 0.812. The fraction of sp³-hybridized carbons (Fsp3) is 0.500. The van der Waals surface area contributed by atoms with E-state index in [2.05, 4.69) is 4.98 Å². The molecule has 0 unspecified atom stereocenters. The van der Waals surface area contributed by atoms with Crippen molar-refractivity contribution in [2.45, 2.75) is 25.8 Å². The predicted molar refractivity (Wildman–Crippen MR) is 67.9 cm³/mol. The molecule has 0 aliphatic carbocycles. The first-order chi connectivity index (χ1) is 8.82. The maximum Gasteiger partial charge on any atom is 0.284 e. The van der Waals surface area contributed by atoms with Crippen LogP contribution in [0, 0.1) is 11.3 Å². The lowest BCUT2D eigenvalue weighted by Gasteiger charge is -2.31. The van der Waals surface area contributed by atoms with Gasteiger partial charge < -0.3 is 15.2 Å². The third kappa shape index (κ3) is 2.91. The van der Waals surface area contributed by atoms with E-state index in [0.717, 1.165) is 0 Å². The zero-order chi connectivity index (χ0) is 14.6. The van der Waals surface area contributed by atoms with E-state index in [1.54, 1.807) is 20.9 Å². The van der Waals surface area contributed by atoms with Gasteiger partial charge in [-0.3, -0.25) is 9.59 Å². The zero-order valence-corrected chi connectivity index (χ0v) is 11.3. The first-order valence-corrected chi connectivity index (χ1v) is 5.78. The lowest BCUT2D eigenvalue weighted by atomic mass is 10.0. The molecule has 2 N–H and O–H groups in total. The molecule has 7 heteroatoms. The molecule has 19 heavy (non-hydrogen) atoms. The summed E-state index contributed by atoms with van der Waals surface area (Å²) in [6.07, 6.45) is 3.21. The Morgan fingerprint density at radius 3 is 2.74 bits per heavy atom. The standard InChI is InChI=1S/C12H17N5O2/c1-12(2,11(19)16(3)7-4-5-13)17-8-6-15-10(17)9(14)18/h6,8H,4,7H2,1-3H3,(H2,14,18). The minimum Gasteiger partial charge on any atom is -0.363 e. The maximum atomic E-state index is 12.4. The van der Waals surface area contributed by atoms with Crippen LogP contribution in [0.2, 0.25) is 0 Å². The molecule has 0 saturated heterocycles. The van der Waals surface area contributed by atoms with Crippen molar-refractivity contribution in [2.75, 3.05) is 13.6 Å². The van der Waals surface area contributed by atoms with Crippen molar-refractivity contribution in [1.82, 2.24) is 14.5 Å². The van der Waals surface area contributed by atoms with Gasteiger partial charge in [-0.15, -0.1) is 0 Å². The third-order valence-corrected chi connectivity index (χ3v) is 2.89. The molecule has 0 radical (unpaired) electrons. The highest BCUT2D eigenvalue weighted by Crippen LogP contribution is 2.20. The van der Waals surface area contributed by atoms with E-state index in [1.807, 2.05) is 6.07 Å². The summed E-state index contributed by atoms with van der Waals surface area (Å²) in [6, 6.07) is 1.98. The highest BCUT2D eigenvalue weighted by molar-refractivity contribution is 5.91. The Kier molecular flexibility index (Phi) is 4.27. The van der Waals surface area contributed by atoms with E-state index in [-0.39, 0.29) is 18.2 Å². The molecule has 0 fully saturated rings. The summed E-state index contributed by atoms with van der Waals surface area (Å²) in [5.41, 5.74) is 4.23. The molecule has 0 aliphatic rings. The molecular formula is C12H17N5O2. The van der Waals surface area contributed by atoms with Crippen molar-refractivity contribution in [3.63, 3.8) is 0 Å². The molecule has 0 aromatic carbocycles. The molecule has 0 atom stereocenters. The summed E-state index contributed by atoms with van der Waals surface area (Å²) in [4.78, 5) is 28.9. The number of likely N-dealkylation sites (N-methyl/N-ethyl adjacent to an activating group) is 1. The Morgan fingerprint density at radius 2 is 2.21 bits per heavy atom. The largest absolute Gasteiger partial charge is 0.363 e. The van der Waals surface area contributed by atoms with Gasteiger partial charge in [0.2, 0.25) is 5.91 Å². The number of primary amides is 1. The van der Waals surface area contributed by atoms with Crippen LogP contribution in [-0.4, -0.2) is 39.9 Å². The average Bonchev–Trinajstić information content (AvgIpc) is 2.84. The van der Waals surface area contributed by atoms with Crippen LogP contribution in [0.3, 0.4) is 0 Å². The van der Waals surface area contributed by atoms with Crippen LogP contribution in [0.15, 0.2) is 12.4 Å². The van der Waals surface area contributed by atoms with Gasteiger partial charge in [0.1, 0.15) is 5.54 Å². The van der Waals surface area contributed by atoms with Crippen LogP contribution in [-0.2, 0) is 10.3 Å². The fourth-order valence-electron chi connectivity index (χ4n) is 1.83. The number of nitriles is 1. The molecule has 0 saturated carbocycles. The third-order valence-electron chi connectivity index (χ3n) is 2.89. The zero-order valence-electron chi connectivity index (χ0n) is 11.3. The lowest BCUT2D eigenvalue weighted by Crippen LogP contribution is -2.46. The van der Waals surface area contributed by atoms with Gasteiger partial charge in [-0.2, -0.15) is 5.26 Å². The van der Waals surface area contributed by atoms with Gasteiger partial charge in [0.05, 0.1) is 12.5 Å². The van der Waals surface area contributed by atoms with E-state index in [1.165, 1.54) is 21.9 Å². The van der Waals surface area contributed by atoms with Crippen LogP contribution in [0.4, 0.5) is 0 Å². The molecule has 7 nitrogen and oxygen atoms in total. The topological polar surface area (TPSA) is 105 Å². The Balaban J connectivity index is 3.03. The van der Waals surface area contributed by atoms with Gasteiger partial charge in [-0.05, 0) is 13.8 Å². The Labute approximate surface area is 111 Å². The van der Waals surface area contributed by atoms with E-state index < -0.39 is 11.4 Å². The number of imidazole rings is 1. The molecular weight excluding hydrogens is 246 g/mol. The molecule has 1 rings (SSSR count).